The molecule has 1 heterocycles. The summed E-state index contributed by atoms with van der Waals surface area (Å²) in [5.74, 6) is -0.984. The summed E-state index contributed by atoms with van der Waals surface area (Å²) in [6.07, 6.45) is 0. The third-order valence-corrected chi connectivity index (χ3v) is 4.55. The number of hydrogen-bond donors (Lipinski definition) is 0. The maximum absolute atomic E-state index is 13.2. The molecular formula is C19H15ClFN3O2. The Balaban J connectivity index is 1.65. The van der Waals surface area contributed by atoms with E-state index in [1.807, 2.05) is 6.07 Å². The minimum Gasteiger partial charge on any atom is -0.335 e. The molecule has 1 aliphatic heterocycles. The summed E-state index contributed by atoms with van der Waals surface area (Å²) in [5.41, 5.74) is 1.20. The summed E-state index contributed by atoms with van der Waals surface area (Å²) in [6.45, 7) is 1.52. The smallest absolute Gasteiger partial charge is 0.254 e. The second-order valence-corrected chi connectivity index (χ2v) is 6.31. The molecule has 1 fully saturated rings. The molecule has 0 saturated carbocycles. The third-order valence-electron chi connectivity index (χ3n) is 4.26. The molecule has 2 aromatic rings. The van der Waals surface area contributed by atoms with Crippen LogP contribution in [0.15, 0.2) is 42.5 Å². The molecule has 2 aromatic carbocycles. The fraction of sp³-hybridized carbons (Fsp3) is 0.211. The van der Waals surface area contributed by atoms with Crippen molar-refractivity contribution in [2.45, 2.75) is 0 Å². The van der Waals surface area contributed by atoms with E-state index >= 15 is 0 Å². The monoisotopic (exact) mass is 371 g/mol. The molecule has 0 atom stereocenters. The first kappa shape index (κ1) is 17.9. The number of hydrogen-bond acceptors (Lipinski definition) is 3. The molecule has 7 heteroatoms. The van der Waals surface area contributed by atoms with Gasteiger partial charge in [-0.15, -0.1) is 0 Å². The largest absolute Gasteiger partial charge is 0.335 e. The van der Waals surface area contributed by atoms with Crippen LogP contribution in [-0.4, -0.2) is 47.8 Å². The maximum Gasteiger partial charge on any atom is 0.254 e. The third kappa shape index (κ3) is 3.68. The molecule has 0 radical (unpaired) electrons. The topological polar surface area (TPSA) is 64.4 Å². The van der Waals surface area contributed by atoms with Gasteiger partial charge in [-0.3, -0.25) is 9.59 Å². The Bertz CT molecular complexity index is 902. The standard InChI is InChI=1S/C19H15ClFN3O2/c20-16-11-15(4-5-17(16)21)19(26)24-8-6-23(7-9-24)18(25)14-3-1-2-13(10-14)12-22/h1-5,10-11H,6-9H2. The summed E-state index contributed by atoms with van der Waals surface area (Å²) in [4.78, 5) is 28.3. The summed E-state index contributed by atoms with van der Waals surface area (Å²) in [5, 5.41) is 8.85. The number of rotatable bonds is 2. The molecule has 0 bridgehead atoms. The van der Waals surface area contributed by atoms with Gasteiger partial charge in [0.1, 0.15) is 5.82 Å². The normalized spacial score (nSPS) is 14.0. The van der Waals surface area contributed by atoms with Crippen LogP contribution in [0.1, 0.15) is 26.3 Å². The van der Waals surface area contributed by atoms with Crippen LogP contribution in [0, 0.1) is 17.1 Å². The number of benzene rings is 2. The molecule has 2 amide bonds. The van der Waals surface area contributed by atoms with E-state index in [4.69, 9.17) is 16.9 Å². The number of nitriles is 1. The summed E-state index contributed by atoms with van der Waals surface area (Å²) in [7, 11) is 0. The highest BCUT2D eigenvalue weighted by molar-refractivity contribution is 6.31. The van der Waals surface area contributed by atoms with Crippen LogP contribution in [0.4, 0.5) is 4.39 Å². The zero-order chi connectivity index (χ0) is 18.7. The molecule has 1 saturated heterocycles. The minimum atomic E-state index is -0.571. The predicted molar refractivity (Wildman–Crippen MR) is 94.4 cm³/mol. The van der Waals surface area contributed by atoms with E-state index in [0.29, 0.717) is 42.9 Å². The average Bonchev–Trinajstić information content (AvgIpc) is 2.69. The first-order valence-corrected chi connectivity index (χ1v) is 8.41. The van der Waals surface area contributed by atoms with Crippen LogP contribution in [0.2, 0.25) is 5.02 Å². The number of halogens is 2. The molecule has 132 valence electrons. The Kier molecular flexibility index (Phi) is 5.19. The van der Waals surface area contributed by atoms with E-state index in [1.165, 1.54) is 12.1 Å². The molecule has 5 nitrogen and oxygen atoms in total. The van der Waals surface area contributed by atoms with Crippen molar-refractivity contribution in [1.29, 1.82) is 5.26 Å². The zero-order valence-corrected chi connectivity index (χ0v) is 14.5. The van der Waals surface area contributed by atoms with Gasteiger partial charge in [0.15, 0.2) is 0 Å². The average molecular weight is 372 g/mol. The van der Waals surface area contributed by atoms with Gasteiger partial charge in [0.25, 0.3) is 11.8 Å². The fourth-order valence-corrected chi connectivity index (χ4v) is 3.01. The lowest BCUT2D eigenvalue weighted by Crippen LogP contribution is -2.50. The number of amides is 2. The van der Waals surface area contributed by atoms with Gasteiger partial charge in [-0.05, 0) is 36.4 Å². The molecule has 0 N–H and O–H groups in total. The maximum atomic E-state index is 13.2. The number of nitrogens with zero attached hydrogens (tertiary/aromatic N) is 3. The van der Waals surface area contributed by atoms with Crippen molar-refractivity contribution in [3.8, 4) is 6.07 Å². The van der Waals surface area contributed by atoms with Crippen molar-refractivity contribution in [2.24, 2.45) is 0 Å². The van der Waals surface area contributed by atoms with Crippen molar-refractivity contribution < 1.29 is 14.0 Å². The van der Waals surface area contributed by atoms with Crippen molar-refractivity contribution in [2.75, 3.05) is 26.2 Å². The second-order valence-electron chi connectivity index (χ2n) is 5.91. The molecule has 0 aliphatic carbocycles. The van der Waals surface area contributed by atoms with Gasteiger partial charge in [-0.2, -0.15) is 5.26 Å². The van der Waals surface area contributed by atoms with Crippen molar-refractivity contribution in [1.82, 2.24) is 9.80 Å². The van der Waals surface area contributed by atoms with Crippen molar-refractivity contribution in [3.63, 3.8) is 0 Å². The van der Waals surface area contributed by atoms with E-state index < -0.39 is 5.82 Å². The Labute approximate surface area is 155 Å². The minimum absolute atomic E-state index is 0.0953. The van der Waals surface area contributed by atoms with Crippen LogP contribution in [0.3, 0.4) is 0 Å². The first-order valence-electron chi connectivity index (χ1n) is 8.03. The van der Waals surface area contributed by atoms with E-state index in [1.54, 1.807) is 34.1 Å². The molecule has 26 heavy (non-hydrogen) atoms. The van der Waals surface area contributed by atoms with Crippen LogP contribution in [0.5, 0.6) is 0 Å². The lowest BCUT2D eigenvalue weighted by atomic mass is 10.1. The highest BCUT2D eigenvalue weighted by atomic mass is 35.5. The summed E-state index contributed by atoms with van der Waals surface area (Å²) in [6, 6.07) is 12.4. The highest BCUT2D eigenvalue weighted by Gasteiger charge is 2.26. The Morgan fingerprint density at radius 3 is 2.08 bits per heavy atom. The lowest BCUT2D eigenvalue weighted by molar-refractivity contribution is 0.0535. The zero-order valence-electron chi connectivity index (χ0n) is 13.8. The number of piperazine rings is 1. The number of carbonyl (C=O) groups is 2. The van der Waals surface area contributed by atoms with Crippen LogP contribution in [0.25, 0.3) is 0 Å². The predicted octanol–water partition coefficient (Wildman–Crippen LogP) is 2.95. The quantitative estimate of drug-likeness (QED) is 0.815. The van der Waals surface area contributed by atoms with Gasteiger partial charge in [0.05, 0.1) is 16.7 Å². The van der Waals surface area contributed by atoms with Crippen LogP contribution >= 0.6 is 11.6 Å². The van der Waals surface area contributed by atoms with Crippen LogP contribution < -0.4 is 0 Å². The van der Waals surface area contributed by atoms with E-state index in [9.17, 15) is 14.0 Å². The Morgan fingerprint density at radius 1 is 0.962 bits per heavy atom. The van der Waals surface area contributed by atoms with Crippen molar-refractivity contribution >= 4 is 23.4 Å². The van der Waals surface area contributed by atoms with Gasteiger partial charge >= 0.3 is 0 Å². The lowest BCUT2D eigenvalue weighted by Gasteiger charge is -2.35. The molecular weight excluding hydrogens is 357 g/mol. The molecule has 0 unspecified atom stereocenters. The Morgan fingerprint density at radius 2 is 1.54 bits per heavy atom. The Hall–Kier alpha value is -2.91. The van der Waals surface area contributed by atoms with Gasteiger partial charge in [0, 0.05) is 37.3 Å². The summed E-state index contributed by atoms with van der Waals surface area (Å²) >= 11 is 5.73. The van der Waals surface area contributed by atoms with E-state index in [0.717, 1.165) is 6.07 Å². The van der Waals surface area contributed by atoms with E-state index in [-0.39, 0.29) is 16.8 Å². The molecule has 0 spiro atoms. The van der Waals surface area contributed by atoms with E-state index in [2.05, 4.69) is 0 Å². The highest BCUT2D eigenvalue weighted by Crippen LogP contribution is 2.18. The molecule has 0 aromatic heterocycles. The first-order chi connectivity index (χ1) is 12.5. The molecule has 1 aliphatic rings. The number of carbonyl (C=O) groups excluding carboxylic acids is 2. The van der Waals surface area contributed by atoms with Gasteiger partial charge in [-0.1, -0.05) is 17.7 Å². The van der Waals surface area contributed by atoms with Crippen molar-refractivity contribution in [3.05, 3.63) is 70.0 Å². The summed E-state index contributed by atoms with van der Waals surface area (Å²) < 4.78 is 13.2. The van der Waals surface area contributed by atoms with Gasteiger partial charge < -0.3 is 9.80 Å². The fourth-order valence-electron chi connectivity index (χ4n) is 2.83. The van der Waals surface area contributed by atoms with Gasteiger partial charge in [0.2, 0.25) is 0 Å². The van der Waals surface area contributed by atoms with Gasteiger partial charge in [-0.25, -0.2) is 4.39 Å². The van der Waals surface area contributed by atoms with Crippen LogP contribution in [-0.2, 0) is 0 Å². The molecule has 3 rings (SSSR count). The second kappa shape index (κ2) is 7.54. The SMILES string of the molecule is N#Cc1cccc(C(=O)N2CCN(C(=O)c3ccc(F)c(Cl)c3)CC2)c1.